The van der Waals surface area contributed by atoms with Gasteiger partial charge in [-0.2, -0.15) is 0 Å². The predicted molar refractivity (Wildman–Crippen MR) is 101 cm³/mol. The minimum Gasteiger partial charge on any atom is -0.495 e. The summed E-state index contributed by atoms with van der Waals surface area (Å²) in [7, 11) is -1.42. The number of amides is 1. The molecule has 0 aromatic heterocycles. The first kappa shape index (κ1) is 20.5. The van der Waals surface area contributed by atoms with Gasteiger partial charge in [-0.05, 0) is 36.4 Å². The van der Waals surface area contributed by atoms with Gasteiger partial charge in [0.05, 0.1) is 35.4 Å². The Labute approximate surface area is 161 Å². The van der Waals surface area contributed by atoms with Gasteiger partial charge in [-0.25, -0.2) is 13.2 Å². The highest BCUT2D eigenvalue weighted by Gasteiger charge is 2.19. The van der Waals surface area contributed by atoms with Crippen molar-refractivity contribution in [2.75, 3.05) is 24.3 Å². The Morgan fingerprint density at radius 2 is 1.78 bits per heavy atom. The first-order valence-electron chi connectivity index (χ1n) is 7.54. The lowest BCUT2D eigenvalue weighted by atomic mass is 10.2. The molecule has 0 aliphatic carbocycles. The fourth-order valence-electron chi connectivity index (χ4n) is 2.21. The molecule has 0 bridgehead atoms. The second-order valence-corrected chi connectivity index (χ2v) is 7.42. The van der Waals surface area contributed by atoms with Crippen molar-refractivity contribution in [1.82, 2.24) is 0 Å². The van der Waals surface area contributed by atoms with Gasteiger partial charge < -0.3 is 14.8 Å². The van der Waals surface area contributed by atoms with E-state index >= 15 is 0 Å². The van der Waals surface area contributed by atoms with Crippen molar-refractivity contribution in [2.45, 2.75) is 11.8 Å². The molecule has 0 spiro atoms. The van der Waals surface area contributed by atoms with Crippen LogP contribution in [0.5, 0.6) is 5.75 Å². The predicted octanol–water partition coefficient (Wildman–Crippen LogP) is 2.89. The molecule has 0 saturated carbocycles. The number of anilines is 2. The summed E-state index contributed by atoms with van der Waals surface area (Å²) in [6, 6.07) is 8.06. The molecule has 0 unspecified atom stereocenters. The maximum atomic E-state index is 12.7. The highest BCUT2D eigenvalue weighted by Crippen LogP contribution is 2.29. The van der Waals surface area contributed by atoms with Crippen molar-refractivity contribution in [3.8, 4) is 5.75 Å². The Bertz CT molecular complexity index is 991. The normalized spacial score (nSPS) is 10.8. The van der Waals surface area contributed by atoms with Crippen molar-refractivity contribution < 1.29 is 27.5 Å². The average molecular weight is 413 g/mol. The van der Waals surface area contributed by atoms with Crippen LogP contribution in [0.25, 0.3) is 0 Å². The molecule has 1 amide bonds. The molecule has 0 radical (unpaired) electrons. The minimum absolute atomic E-state index is 0.0213. The van der Waals surface area contributed by atoms with E-state index in [1.165, 1.54) is 57.5 Å². The van der Waals surface area contributed by atoms with Crippen LogP contribution in [0.15, 0.2) is 41.3 Å². The highest BCUT2D eigenvalue weighted by molar-refractivity contribution is 7.92. The monoisotopic (exact) mass is 412 g/mol. The maximum absolute atomic E-state index is 12.7. The number of methoxy groups -OCH3 is 2. The summed E-state index contributed by atoms with van der Waals surface area (Å²) in [6.45, 7) is 1.29. The fraction of sp³-hybridized carbons (Fsp3) is 0.176. The first-order chi connectivity index (χ1) is 12.7. The van der Waals surface area contributed by atoms with Crippen LogP contribution in [-0.2, 0) is 19.6 Å². The van der Waals surface area contributed by atoms with Crippen LogP contribution in [0, 0.1) is 0 Å². The SMILES string of the molecule is COC(=O)c1cc(NS(=O)(=O)c2ccc(OC)c(NC(C)=O)c2)ccc1Cl. The van der Waals surface area contributed by atoms with Crippen molar-refractivity contribution >= 4 is 44.9 Å². The summed E-state index contributed by atoms with van der Waals surface area (Å²) in [6.07, 6.45) is 0. The molecule has 0 heterocycles. The summed E-state index contributed by atoms with van der Waals surface area (Å²) < 4.78 is 37.4. The van der Waals surface area contributed by atoms with Crippen LogP contribution >= 0.6 is 11.6 Å². The third-order valence-corrected chi connectivity index (χ3v) is 5.12. The highest BCUT2D eigenvalue weighted by atomic mass is 35.5. The number of hydrogen-bond acceptors (Lipinski definition) is 6. The summed E-state index contributed by atoms with van der Waals surface area (Å²) in [5.74, 6) is -0.765. The molecule has 2 aromatic rings. The molecule has 0 fully saturated rings. The summed E-state index contributed by atoms with van der Waals surface area (Å²) in [5, 5.41) is 2.63. The number of esters is 1. The van der Waals surface area contributed by atoms with E-state index in [-0.39, 0.29) is 32.8 Å². The van der Waals surface area contributed by atoms with E-state index in [4.69, 9.17) is 16.3 Å². The number of rotatable bonds is 6. The molecule has 0 atom stereocenters. The second-order valence-electron chi connectivity index (χ2n) is 5.33. The van der Waals surface area contributed by atoms with Crippen molar-refractivity contribution in [2.24, 2.45) is 0 Å². The van der Waals surface area contributed by atoms with E-state index in [0.29, 0.717) is 5.75 Å². The third kappa shape index (κ3) is 4.89. The average Bonchev–Trinajstić information content (AvgIpc) is 2.62. The van der Waals surface area contributed by atoms with Gasteiger partial charge in [0.1, 0.15) is 5.75 Å². The van der Waals surface area contributed by atoms with E-state index in [9.17, 15) is 18.0 Å². The van der Waals surface area contributed by atoms with E-state index in [1.807, 2.05) is 0 Å². The largest absolute Gasteiger partial charge is 0.495 e. The van der Waals surface area contributed by atoms with Crippen LogP contribution in [0.4, 0.5) is 11.4 Å². The molecule has 144 valence electrons. The molecule has 2 rings (SSSR count). The molecule has 0 aliphatic rings. The topological polar surface area (TPSA) is 111 Å². The molecular weight excluding hydrogens is 396 g/mol. The van der Waals surface area contributed by atoms with E-state index < -0.39 is 16.0 Å². The lowest BCUT2D eigenvalue weighted by Gasteiger charge is -2.13. The molecule has 0 aliphatic heterocycles. The van der Waals surface area contributed by atoms with Gasteiger partial charge in [-0.1, -0.05) is 11.6 Å². The third-order valence-electron chi connectivity index (χ3n) is 3.42. The van der Waals surface area contributed by atoms with Crippen molar-refractivity contribution in [1.29, 1.82) is 0 Å². The van der Waals surface area contributed by atoms with E-state index in [0.717, 1.165) is 0 Å². The van der Waals surface area contributed by atoms with Gasteiger partial charge in [-0.15, -0.1) is 0 Å². The fourth-order valence-corrected chi connectivity index (χ4v) is 3.48. The van der Waals surface area contributed by atoms with Gasteiger partial charge in [0.15, 0.2) is 0 Å². The van der Waals surface area contributed by atoms with Crippen LogP contribution in [0.2, 0.25) is 5.02 Å². The Kier molecular flexibility index (Phi) is 6.29. The Morgan fingerprint density at radius 1 is 1.07 bits per heavy atom. The zero-order chi connectivity index (χ0) is 20.2. The number of halogens is 1. The molecule has 0 saturated heterocycles. The number of benzene rings is 2. The van der Waals surface area contributed by atoms with Gasteiger partial charge >= 0.3 is 5.97 Å². The number of sulfonamides is 1. The molecular formula is C17H17ClN2O6S. The van der Waals surface area contributed by atoms with Crippen LogP contribution in [0.3, 0.4) is 0 Å². The second kappa shape index (κ2) is 8.28. The minimum atomic E-state index is -4.01. The van der Waals surface area contributed by atoms with Gasteiger partial charge in [-0.3, -0.25) is 9.52 Å². The summed E-state index contributed by atoms with van der Waals surface area (Å²) in [4.78, 5) is 22.9. The lowest BCUT2D eigenvalue weighted by Crippen LogP contribution is -2.15. The molecule has 2 N–H and O–H groups in total. The van der Waals surface area contributed by atoms with Crippen LogP contribution in [0.1, 0.15) is 17.3 Å². The standard InChI is InChI=1S/C17H17ClN2O6S/c1-10(21)19-15-9-12(5-7-16(15)25-2)27(23,24)20-11-4-6-14(18)13(8-11)17(22)26-3/h4-9,20H,1-3H3,(H,19,21). The Morgan fingerprint density at radius 3 is 2.37 bits per heavy atom. The Hall–Kier alpha value is -2.78. The van der Waals surface area contributed by atoms with Crippen LogP contribution < -0.4 is 14.8 Å². The van der Waals surface area contributed by atoms with Gasteiger partial charge in [0.25, 0.3) is 10.0 Å². The quantitative estimate of drug-likeness (QED) is 0.706. The number of nitrogens with one attached hydrogen (secondary N) is 2. The first-order valence-corrected chi connectivity index (χ1v) is 9.40. The summed E-state index contributed by atoms with van der Waals surface area (Å²) >= 11 is 5.93. The van der Waals surface area contributed by atoms with E-state index in [1.54, 1.807) is 0 Å². The van der Waals surface area contributed by atoms with Gasteiger partial charge in [0, 0.05) is 12.6 Å². The molecule has 27 heavy (non-hydrogen) atoms. The maximum Gasteiger partial charge on any atom is 0.339 e. The van der Waals surface area contributed by atoms with Crippen molar-refractivity contribution in [3.63, 3.8) is 0 Å². The number of ether oxygens (including phenoxy) is 2. The molecule has 8 nitrogen and oxygen atoms in total. The van der Waals surface area contributed by atoms with Gasteiger partial charge in [0.2, 0.25) is 5.91 Å². The number of carbonyl (C=O) groups excluding carboxylic acids is 2. The number of carbonyl (C=O) groups is 2. The zero-order valence-electron chi connectivity index (χ0n) is 14.7. The summed E-state index contributed by atoms with van der Waals surface area (Å²) in [5.41, 5.74) is 0.351. The Balaban J connectivity index is 2.39. The smallest absolute Gasteiger partial charge is 0.339 e. The zero-order valence-corrected chi connectivity index (χ0v) is 16.3. The lowest BCUT2D eigenvalue weighted by molar-refractivity contribution is -0.114. The van der Waals surface area contributed by atoms with E-state index in [2.05, 4.69) is 14.8 Å². The number of hydrogen-bond donors (Lipinski definition) is 2. The molecule has 10 heteroatoms. The molecule has 2 aromatic carbocycles. The van der Waals surface area contributed by atoms with Crippen molar-refractivity contribution in [3.05, 3.63) is 47.0 Å². The van der Waals surface area contributed by atoms with Crippen LogP contribution in [-0.4, -0.2) is 34.5 Å².